The van der Waals surface area contributed by atoms with E-state index in [-0.39, 0.29) is 11.8 Å². The zero-order valence-corrected chi connectivity index (χ0v) is 16.6. The molecule has 29 heavy (non-hydrogen) atoms. The predicted molar refractivity (Wildman–Crippen MR) is 111 cm³/mol. The molecule has 3 rings (SSSR count). The van der Waals surface area contributed by atoms with Crippen LogP contribution in [0.3, 0.4) is 0 Å². The fourth-order valence-electron chi connectivity index (χ4n) is 2.48. The molecule has 2 N–H and O–H groups in total. The van der Waals surface area contributed by atoms with Gasteiger partial charge in [-0.3, -0.25) is 30.0 Å². The van der Waals surface area contributed by atoms with E-state index < -0.39 is 5.25 Å². The molecule has 0 fully saturated rings. The number of benzene rings is 1. The fraction of sp³-hybridized carbons (Fsp3) is 0.150. The quantitative estimate of drug-likeness (QED) is 0.354. The molecule has 0 aliphatic rings. The number of carbonyl (C=O) groups excluding carboxylic acids is 2. The van der Waals surface area contributed by atoms with E-state index in [4.69, 9.17) is 0 Å². The maximum Gasteiger partial charge on any atom is 0.269 e. The molecule has 3 aromatic rings. The smallest absolute Gasteiger partial charge is 0.269 e. The molecule has 2 heterocycles. The number of carbonyl (C=O) groups is 2. The first-order valence-corrected chi connectivity index (χ1v) is 9.74. The Kier molecular flexibility index (Phi) is 6.75. The average molecular weight is 408 g/mol. The van der Waals surface area contributed by atoms with Gasteiger partial charge in [-0.05, 0) is 31.2 Å². The summed E-state index contributed by atoms with van der Waals surface area (Å²) in [4.78, 5) is 28.5. The SMILES string of the molecule is C=CCn1c(S[C@@H](C)C(=O)NNC(=O)c2ccccc2)nnc1-c1ccncc1. The minimum atomic E-state index is -0.510. The monoisotopic (exact) mass is 408 g/mol. The van der Waals surface area contributed by atoms with Gasteiger partial charge < -0.3 is 0 Å². The van der Waals surface area contributed by atoms with E-state index in [1.54, 1.807) is 49.7 Å². The zero-order valence-electron chi connectivity index (χ0n) is 15.8. The van der Waals surface area contributed by atoms with Crippen LogP contribution in [0.15, 0.2) is 72.7 Å². The van der Waals surface area contributed by atoms with Crippen molar-refractivity contribution in [1.29, 1.82) is 0 Å². The summed E-state index contributed by atoms with van der Waals surface area (Å²) in [5, 5.41) is 8.53. The van der Waals surface area contributed by atoms with Crippen molar-refractivity contribution in [3.63, 3.8) is 0 Å². The molecule has 2 aromatic heterocycles. The second-order valence-electron chi connectivity index (χ2n) is 6.01. The van der Waals surface area contributed by atoms with Crippen LogP contribution in [0.2, 0.25) is 0 Å². The number of hydrogen-bond acceptors (Lipinski definition) is 6. The van der Waals surface area contributed by atoms with Gasteiger partial charge in [-0.2, -0.15) is 0 Å². The van der Waals surface area contributed by atoms with Gasteiger partial charge in [0.25, 0.3) is 11.8 Å². The van der Waals surface area contributed by atoms with Gasteiger partial charge in [0.1, 0.15) is 0 Å². The van der Waals surface area contributed by atoms with E-state index in [0.717, 1.165) is 5.56 Å². The van der Waals surface area contributed by atoms with Crippen LogP contribution in [-0.2, 0) is 11.3 Å². The van der Waals surface area contributed by atoms with E-state index in [9.17, 15) is 9.59 Å². The Labute approximate surface area is 172 Å². The summed E-state index contributed by atoms with van der Waals surface area (Å²) < 4.78 is 1.87. The highest BCUT2D eigenvalue weighted by Gasteiger charge is 2.21. The van der Waals surface area contributed by atoms with Crippen LogP contribution in [-0.4, -0.2) is 36.8 Å². The number of amides is 2. The molecule has 0 aliphatic carbocycles. The van der Waals surface area contributed by atoms with Gasteiger partial charge >= 0.3 is 0 Å². The lowest BCUT2D eigenvalue weighted by molar-refractivity contribution is -0.121. The van der Waals surface area contributed by atoms with Crippen molar-refractivity contribution in [1.82, 2.24) is 30.6 Å². The normalized spacial score (nSPS) is 11.5. The zero-order chi connectivity index (χ0) is 20.6. The molecule has 0 saturated heterocycles. The number of thioether (sulfide) groups is 1. The van der Waals surface area contributed by atoms with Gasteiger partial charge in [0.15, 0.2) is 11.0 Å². The van der Waals surface area contributed by atoms with Crippen molar-refractivity contribution in [2.24, 2.45) is 0 Å². The minimum Gasteiger partial charge on any atom is -0.298 e. The summed E-state index contributed by atoms with van der Waals surface area (Å²) in [6, 6.07) is 12.3. The van der Waals surface area contributed by atoms with Gasteiger partial charge in [0.05, 0.1) is 5.25 Å². The average Bonchev–Trinajstić information content (AvgIpc) is 3.15. The molecular weight excluding hydrogens is 388 g/mol. The molecule has 0 bridgehead atoms. The molecule has 0 aliphatic heterocycles. The van der Waals surface area contributed by atoms with Crippen LogP contribution in [0, 0.1) is 0 Å². The van der Waals surface area contributed by atoms with Crippen molar-refractivity contribution in [3.05, 3.63) is 73.1 Å². The van der Waals surface area contributed by atoms with E-state index in [2.05, 4.69) is 32.6 Å². The van der Waals surface area contributed by atoms with Crippen molar-refractivity contribution < 1.29 is 9.59 Å². The fourth-order valence-corrected chi connectivity index (χ4v) is 3.34. The number of hydrazine groups is 1. The van der Waals surface area contributed by atoms with Gasteiger partial charge in [-0.1, -0.05) is 36.0 Å². The third-order valence-corrected chi connectivity index (χ3v) is 5.03. The van der Waals surface area contributed by atoms with Crippen LogP contribution in [0.4, 0.5) is 0 Å². The Morgan fingerprint density at radius 3 is 2.55 bits per heavy atom. The van der Waals surface area contributed by atoms with Crippen molar-refractivity contribution >= 4 is 23.6 Å². The summed E-state index contributed by atoms with van der Waals surface area (Å²) in [7, 11) is 0. The first-order chi connectivity index (χ1) is 14.1. The van der Waals surface area contributed by atoms with Gasteiger partial charge in [0.2, 0.25) is 0 Å². The molecule has 0 unspecified atom stereocenters. The Bertz CT molecular complexity index is 991. The molecule has 2 amide bonds. The number of pyridine rings is 1. The Morgan fingerprint density at radius 1 is 1.14 bits per heavy atom. The molecule has 8 nitrogen and oxygen atoms in total. The summed E-state index contributed by atoms with van der Waals surface area (Å²) in [5.74, 6) is -0.0661. The molecule has 9 heteroatoms. The maximum atomic E-state index is 12.4. The van der Waals surface area contributed by atoms with E-state index in [0.29, 0.717) is 23.1 Å². The lowest BCUT2D eigenvalue weighted by atomic mass is 10.2. The van der Waals surface area contributed by atoms with E-state index in [1.807, 2.05) is 22.8 Å². The molecule has 0 saturated carbocycles. The van der Waals surface area contributed by atoms with E-state index in [1.165, 1.54) is 11.8 Å². The largest absolute Gasteiger partial charge is 0.298 e. The Morgan fingerprint density at radius 2 is 1.86 bits per heavy atom. The van der Waals surface area contributed by atoms with Gasteiger partial charge in [-0.15, -0.1) is 16.8 Å². The molecule has 0 radical (unpaired) electrons. The first-order valence-electron chi connectivity index (χ1n) is 8.86. The first kappa shape index (κ1) is 20.3. The molecule has 148 valence electrons. The standard InChI is InChI=1S/C20H20N6O2S/c1-3-13-26-17(15-9-11-21-12-10-15)22-25-20(26)29-14(2)18(27)23-24-19(28)16-7-5-4-6-8-16/h3-12,14H,1,13H2,2H3,(H,23,27)(H,24,28)/t14-/m0/s1. The topological polar surface area (TPSA) is 102 Å². The maximum absolute atomic E-state index is 12.4. The highest BCUT2D eigenvalue weighted by atomic mass is 32.2. The number of allylic oxidation sites excluding steroid dienone is 1. The molecule has 0 spiro atoms. The Balaban J connectivity index is 1.66. The van der Waals surface area contributed by atoms with Crippen LogP contribution in [0.25, 0.3) is 11.4 Å². The lowest BCUT2D eigenvalue weighted by Gasteiger charge is -2.13. The molecule has 1 atom stereocenters. The van der Waals surface area contributed by atoms with Crippen LogP contribution >= 0.6 is 11.8 Å². The van der Waals surface area contributed by atoms with Crippen LogP contribution < -0.4 is 10.9 Å². The highest BCUT2D eigenvalue weighted by Crippen LogP contribution is 2.26. The highest BCUT2D eigenvalue weighted by molar-refractivity contribution is 8.00. The second kappa shape index (κ2) is 9.65. The number of rotatable bonds is 7. The van der Waals surface area contributed by atoms with Crippen molar-refractivity contribution in [2.45, 2.75) is 23.9 Å². The van der Waals surface area contributed by atoms with Gasteiger partial charge in [0, 0.05) is 30.1 Å². The second-order valence-corrected chi connectivity index (χ2v) is 7.32. The number of hydrogen-bond donors (Lipinski definition) is 2. The predicted octanol–water partition coefficient (Wildman–Crippen LogP) is 2.47. The summed E-state index contributed by atoms with van der Waals surface area (Å²) >= 11 is 1.24. The minimum absolute atomic E-state index is 0.349. The van der Waals surface area contributed by atoms with E-state index >= 15 is 0 Å². The number of aromatic nitrogens is 4. The third kappa shape index (κ3) is 5.08. The third-order valence-electron chi connectivity index (χ3n) is 3.95. The van der Waals surface area contributed by atoms with Crippen molar-refractivity contribution in [2.75, 3.05) is 0 Å². The summed E-state index contributed by atoms with van der Waals surface area (Å²) in [5.41, 5.74) is 6.19. The number of nitrogens with one attached hydrogen (secondary N) is 2. The number of nitrogens with zero attached hydrogens (tertiary/aromatic N) is 4. The van der Waals surface area contributed by atoms with Crippen molar-refractivity contribution in [3.8, 4) is 11.4 Å². The summed E-state index contributed by atoms with van der Waals surface area (Å²) in [6.07, 6.45) is 5.10. The molecule has 1 aromatic carbocycles. The lowest BCUT2D eigenvalue weighted by Crippen LogP contribution is -2.44. The Hall–Kier alpha value is -3.46. The van der Waals surface area contributed by atoms with Crippen LogP contribution in [0.5, 0.6) is 0 Å². The van der Waals surface area contributed by atoms with Crippen LogP contribution in [0.1, 0.15) is 17.3 Å². The van der Waals surface area contributed by atoms with Gasteiger partial charge in [-0.25, -0.2) is 0 Å². The molecular formula is C20H20N6O2S. The summed E-state index contributed by atoms with van der Waals surface area (Å²) in [6.45, 7) is 6.00.